The summed E-state index contributed by atoms with van der Waals surface area (Å²) in [5.74, 6) is 0.342. The van der Waals surface area contributed by atoms with Crippen molar-refractivity contribution in [3.63, 3.8) is 0 Å². The Morgan fingerprint density at radius 2 is 1.80 bits per heavy atom. The Morgan fingerprint density at radius 3 is 2.44 bits per heavy atom. The van der Waals surface area contributed by atoms with Gasteiger partial charge in [0.05, 0.1) is 6.04 Å². The van der Waals surface area contributed by atoms with Crippen molar-refractivity contribution in [2.75, 3.05) is 0 Å². The van der Waals surface area contributed by atoms with Crippen LogP contribution in [0.5, 0.6) is 0 Å². The third kappa shape index (κ3) is 3.63. The smallest absolute Gasteiger partial charge is 0.257 e. The lowest BCUT2D eigenvalue weighted by molar-refractivity contribution is 0.0939. The summed E-state index contributed by atoms with van der Waals surface area (Å²) in [4.78, 5) is 12.8. The third-order valence-electron chi connectivity index (χ3n) is 4.37. The first-order chi connectivity index (χ1) is 12.1. The molecule has 0 saturated carbocycles. The monoisotopic (exact) mass is 334 g/mol. The molecule has 0 aliphatic rings. The SMILES string of the molecule is CCc1ccc(C(C)NC(=O)c2c(-c3ccccc3)noc2C)cc1. The number of hydrogen-bond acceptors (Lipinski definition) is 3. The molecule has 1 amide bonds. The largest absolute Gasteiger partial charge is 0.360 e. The first-order valence-corrected chi connectivity index (χ1v) is 8.51. The molecule has 0 saturated heterocycles. The maximum Gasteiger partial charge on any atom is 0.257 e. The van der Waals surface area contributed by atoms with Crippen molar-refractivity contribution < 1.29 is 9.32 Å². The summed E-state index contributed by atoms with van der Waals surface area (Å²) in [6.45, 7) is 5.86. The van der Waals surface area contributed by atoms with Gasteiger partial charge in [0, 0.05) is 5.56 Å². The Bertz CT molecular complexity index is 851. The second-order valence-electron chi connectivity index (χ2n) is 6.12. The minimum Gasteiger partial charge on any atom is -0.360 e. The molecule has 0 spiro atoms. The van der Waals surface area contributed by atoms with Crippen LogP contribution in [-0.4, -0.2) is 11.1 Å². The number of aromatic nitrogens is 1. The van der Waals surface area contributed by atoms with E-state index in [0.29, 0.717) is 17.0 Å². The Hall–Kier alpha value is -2.88. The molecular weight excluding hydrogens is 312 g/mol. The van der Waals surface area contributed by atoms with Crippen molar-refractivity contribution in [1.29, 1.82) is 0 Å². The van der Waals surface area contributed by atoms with E-state index in [1.807, 2.05) is 37.3 Å². The molecule has 0 bridgehead atoms. The lowest BCUT2D eigenvalue weighted by Crippen LogP contribution is -2.27. The van der Waals surface area contributed by atoms with E-state index in [1.165, 1.54) is 5.56 Å². The molecule has 128 valence electrons. The number of amides is 1. The molecule has 0 aliphatic carbocycles. The highest BCUT2D eigenvalue weighted by molar-refractivity contribution is 6.00. The molecule has 1 atom stereocenters. The van der Waals surface area contributed by atoms with E-state index in [0.717, 1.165) is 17.5 Å². The Balaban J connectivity index is 1.82. The lowest BCUT2D eigenvalue weighted by atomic mass is 10.0. The summed E-state index contributed by atoms with van der Waals surface area (Å²) in [5, 5.41) is 7.12. The zero-order valence-electron chi connectivity index (χ0n) is 14.7. The molecule has 1 heterocycles. The minimum absolute atomic E-state index is 0.101. The molecular formula is C21H22N2O2. The number of nitrogens with zero attached hydrogens (tertiary/aromatic N) is 1. The summed E-state index contributed by atoms with van der Waals surface area (Å²) in [7, 11) is 0. The molecule has 0 radical (unpaired) electrons. The number of benzene rings is 2. The normalized spacial score (nSPS) is 12.0. The van der Waals surface area contributed by atoms with Crippen LogP contribution in [0.15, 0.2) is 59.1 Å². The molecule has 2 aromatic carbocycles. The van der Waals surface area contributed by atoms with Crippen LogP contribution in [0.2, 0.25) is 0 Å². The van der Waals surface area contributed by atoms with Gasteiger partial charge in [0.25, 0.3) is 5.91 Å². The van der Waals surface area contributed by atoms with Gasteiger partial charge < -0.3 is 9.84 Å². The lowest BCUT2D eigenvalue weighted by Gasteiger charge is -2.15. The first-order valence-electron chi connectivity index (χ1n) is 8.51. The van der Waals surface area contributed by atoms with Gasteiger partial charge in [-0.3, -0.25) is 4.79 Å². The second-order valence-corrected chi connectivity index (χ2v) is 6.12. The van der Waals surface area contributed by atoms with Gasteiger partial charge in [-0.2, -0.15) is 0 Å². The average Bonchev–Trinajstić information content (AvgIpc) is 3.04. The molecule has 3 aromatic rings. The quantitative estimate of drug-likeness (QED) is 0.735. The fourth-order valence-electron chi connectivity index (χ4n) is 2.83. The minimum atomic E-state index is -0.176. The Morgan fingerprint density at radius 1 is 1.12 bits per heavy atom. The van der Waals surface area contributed by atoms with Gasteiger partial charge in [0.15, 0.2) is 0 Å². The van der Waals surface area contributed by atoms with Gasteiger partial charge in [-0.15, -0.1) is 0 Å². The number of aryl methyl sites for hydroxylation is 2. The summed E-state index contributed by atoms with van der Waals surface area (Å²) >= 11 is 0. The Kier molecular flexibility index (Phi) is 4.98. The molecule has 1 unspecified atom stereocenters. The van der Waals surface area contributed by atoms with Crippen LogP contribution in [0.4, 0.5) is 0 Å². The number of hydrogen-bond donors (Lipinski definition) is 1. The van der Waals surface area contributed by atoms with Gasteiger partial charge in [-0.25, -0.2) is 0 Å². The molecule has 1 N–H and O–H groups in total. The predicted octanol–water partition coefficient (Wildman–Crippen LogP) is 4.70. The molecule has 3 rings (SSSR count). The van der Waals surface area contributed by atoms with Crippen LogP contribution in [0.25, 0.3) is 11.3 Å². The van der Waals surface area contributed by atoms with Crippen LogP contribution in [-0.2, 0) is 6.42 Å². The Labute approximate surface area is 147 Å². The molecule has 0 fully saturated rings. The summed E-state index contributed by atoms with van der Waals surface area (Å²) in [6, 6.07) is 17.8. The predicted molar refractivity (Wildman–Crippen MR) is 98.4 cm³/mol. The highest BCUT2D eigenvalue weighted by Gasteiger charge is 2.22. The van der Waals surface area contributed by atoms with E-state index in [9.17, 15) is 4.79 Å². The van der Waals surface area contributed by atoms with Crippen LogP contribution < -0.4 is 5.32 Å². The molecule has 25 heavy (non-hydrogen) atoms. The summed E-state index contributed by atoms with van der Waals surface area (Å²) < 4.78 is 5.28. The van der Waals surface area contributed by atoms with Gasteiger partial charge in [0.2, 0.25) is 0 Å². The molecule has 4 nitrogen and oxygen atoms in total. The number of rotatable bonds is 5. The van der Waals surface area contributed by atoms with E-state index in [-0.39, 0.29) is 11.9 Å². The third-order valence-corrected chi connectivity index (χ3v) is 4.37. The van der Waals surface area contributed by atoms with E-state index in [2.05, 4.69) is 41.7 Å². The number of carbonyl (C=O) groups is 1. The van der Waals surface area contributed by atoms with Crippen molar-refractivity contribution in [3.8, 4) is 11.3 Å². The molecule has 1 aromatic heterocycles. The van der Waals surface area contributed by atoms with E-state index >= 15 is 0 Å². The molecule has 4 heteroatoms. The molecule has 0 aliphatic heterocycles. The van der Waals surface area contributed by atoms with Crippen LogP contribution in [0.1, 0.15) is 47.1 Å². The zero-order chi connectivity index (χ0) is 17.8. The van der Waals surface area contributed by atoms with Gasteiger partial charge >= 0.3 is 0 Å². The second kappa shape index (κ2) is 7.34. The van der Waals surface area contributed by atoms with E-state index in [1.54, 1.807) is 6.92 Å². The number of nitrogens with one attached hydrogen (secondary N) is 1. The van der Waals surface area contributed by atoms with E-state index in [4.69, 9.17) is 4.52 Å². The van der Waals surface area contributed by atoms with Crippen molar-refractivity contribution in [2.24, 2.45) is 0 Å². The van der Waals surface area contributed by atoms with Crippen molar-refractivity contribution in [2.45, 2.75) is 33.2 Å². The van der Waals surface area contributed by atoms with Crippen LogP contribution in [0.3, 0.4) is 0 Å². The summed E-state index contributed by atoms with van der Waals surface area (Å²) in [6.07, 6.45) is 1.00. The van der Waals surface area contributed by atoms with Crippen molar-refractivity contribution >= 4 is 5.91 Å². The van der Waals surface area contributed by atoms with Gasteiger partial charge in [-0.1, -0.05) is 66.7 Å². The fraction of sp³-hybridized carbons (Fsp3) is 0.238. The van der Waals surface area contributed by atoms with Crippen LogP contribution >= 0.6 is 0 Å². The average molecular weight is 334 g/mol. The van der Waals surface area contributed by atoms with Gasteiger partial charge in [0.1, 0.15) is 17.0 Å². The number of carbonyl (C=O) groups excluding carboxylic acids is 1. The fourth-order valence-corrected chi connectivity index (χ4v) is 2.83. The highest BCUT2D eigenvalue weighted by atomic mass is 16.5. The van der Waals surface area contributed by atoms with Gasteiger partial charge in [-0.05, 0) is 31.4 Å². The highest BCUT2D eigenvalue weighted by Crippen LogP contribution is 2.25. The zero-order valence-corrected chi connectivity index (χ0v) is 14.7. The van der Waals surface area contributed by atoms with Crippen molar-refractivity contribution in [3.05, 3.63) is 77.0 Å². The summed E-state index contributed by atoms with van der Waals surface area (Å²) in [5.41, 5.74) is 4.28. The topological polar surface area (TPSA) is 55.1 Å². The van der Waals surface area contributed by atoms with Crippen molar-refractivity contribution in [1.82, 2.24) is 10.5 Å². The van der Waals surface area contributed by atoms with E-state index < -0.39 is 0 Å². The maximum absolute atomic E-state index is 12.8. The van der Waals surface area contributed by atoms with Crippen LogP contribution in [0, 0.1) is 6.92 Å². The standard InChI is InChI=1S/C21H22N2O2/c1-4-16-10-12-17(13-11-16)14(2)22-21(24)19-15(3)25-23-20(19)18-8-6-5-7-9-18/h5-14H,4H2,1-3H3,(H,22,24). The maximum atomic E-state index is 12.8. The first kappa shape index (κ1) is 17.0.